The van der Waals surface area contributed by atoms with E-state index in [-0.39, 0.29) is 66.9 Å². The number of fused-ring (bicyclic) bond motifs is 1. The predicted octanol–water partition coefficient (Wildman–Crippen LogP) is 15.8. The van der Waals surface area contributed by atoms with E-state index in [9.17, 15) is 50.8 Å². The van der Waals surface area contributed by atoms with Crippen LogP contribution >= 0.6 is 0 Å². The van der Waals surface area contributed by atoms with Crippen LogP contribution in [0.4, 0.5) is 39.5 Å². The quantitative estimate of drug-likeness (QED) is 0.0666. The van der Waals surface area contributed by atoms with E-state index in [4.69, 9.17) is 6.85 Å². The number of nitrogens with zero attached hydrogens (tertiary/aromatic N) is 1. The minimum Gasteiger partial charge on any atom is -0.512 e. The third kappa shape index (κ3) is 12.7. The summed E-state index contributed by atoms with van der Waals surface area (Å²) < 4.78 is 180. The Bertz CT molecular complexity index is 2350. The van der Waals surface area contributed by atoms with Crippen LogP contribution in [0.15, 0.2) is 66.6 Å². The number of hydrogen-bond donors (Lipinski definition) is 1. The average Bonchev–Trinajstić information content (AvgIpc) is 3.22. The Hall–Kier alpha value is -3.70. The molecular weight excluding hydrogens is 986 g/mol. The fraction of sp³-hybridized carbons (Fsp3) is 0.500. The minimum absolute atomic E-state index is 0. The predicted molar refractivity (Wildman–Crippen MR) is 219 cm³/mol. The van der Waals surface area contributed by atoms with Gasteiger partial charge in [0.15, 0.2) is 5.78 Å². The summed E-state index contributed by atoms with van der Waals surface area (Å²) in [6.45, 7) is 5.36. The SMILES string of the molecule is CCC(CC)C(=O)/C=C(\O)C(CC)CC.[2H]C([2H])([2H])c1cnc(-c2[c-]c3ccccc3c(C3([2H])CCCCC3)c2)cc1-c1c(C(F)(F)F)cc(C([2H])([2H])C(C)(C)C(F)(F)F)cc1C(F)(F)F.[Ir]. The molecule has 1 radical (unpaired) electrons. The van der Waals surface area contributed by atoms with Gasteiger partial charge in [0, 0.05) is 63.7 Å². The molecule has 3 aromatic carbocycles. The summed E-state index contributed by atoms with van der Waals surface area (Å²) in [5.74, 6) is -0.541. The van der Waals surface area contributed by atoms with Crippen LogP contribution in [0.5, 0.6) is 0 Å². The molecule has 1 saturated carbocycles. The van der Waals surface area contributed by atoms with E-state index in [0.717, 1.165) is 51.0 Å². The fourth-order valence-electron chi connectivity index (χ4n) is 7.38. The molecule has 1 N–H and O–H groups in total. The molecule has 0 bridgehead atoms. The summed E-state index contributed by atoms with van der Waals surface area (Å²) in [5, 5.41) is 10.9. The van der Waals surface area contributed by atoms with Crippen LogP contribution in [-0.4, -0.2) is 22.1 Å². The van der Waals surface area contributed by atoms with Crippen LogP contribution in [0.25, 0.3) is 33.2 Å². The summed E-state index contributed by atoms with van der Waals surface area (Å²) in [6.07, 6.45) is -11.8. The number of allylic oxidation sites excluding steroid dienone is 2. The average molecular weight is 1050 g/mol. The maximum Gasteiger partial charge on any atom is 0.417 e. The molecule has 1 aromatic heterocycles. The fourth-order valence-corrected chi connectivity index (χ4v) is 7.38. The van der Waals surface area contributed by atoms with Gasteiger partial charge in [0.25, 0.3) is 0 Å². The molecule has 0 saturated heterocycles. The molecule has 0 unspecified atom stereocenters. The maximum absolute atomic E-state index is 14.8. The molecule has 1 heterocycles. The van der Waals surface area contributed by atoms with Crippen LogP contribution in [0.2, 0.25) is 0 Å². The third-order valence-electron chi connectivity index (χ3n) is 11.1. The molecule has 61 heavy (non-hydrogen) atoms. The van der Waals surface area contributed by atoms with Crippen LogP contribution in [-0.2, 0) is 43.6 Å². The third-order valence-corrected chi connectivity index (χ3v) is 11.1. The second-order valence-electron chi connectivity index (χ2n) is 15.6. The second kappa shape index (κ2) is 21.1. The zero-order valence-corrected chi connectivity index (χ0v) is 37.2. The number of ketones is 1. The van der Waals surface area contributed by atoms with Crippen molar-refractivity contribution in [1.29, 1.82) is 0 Å². The number of aliphatic hydroxyl groups excluding tert-OH is 1. The number of halogens is 9. The minimum atomic E-state index is -5.74. The monoisotopic (exact) mass is 1050 g/mol. The van der Waals surface area contributed by atoms with Crippen molar-refractivity contribution in [3.05, 3.63) is 100 Å². The number of aryl methyl sites for hydroxylation is 1. The van der Waals surface area contributed by atoms with E-state index in [2.05, 4.69) is 11.1 Å². The first-order chi connectivity index (χ1) is 30.3. The second-order valence-corrected chi connectivity index (χ2v) is 15.6. The van der Waals surface area contributed by atoms with Crippen molar-refractivity contribution in [2.75, 3.05) is 0 Å². The van der Waals surface area contributed by atoms with Crippen LogP contribution in [0.1, 0.15) is 141 Å². The van der Waals surface area contributed by atoms with E-state index in [1.807, 2.05) is 27.7 Å². The van der Waals surface area contributed by atoms with Crippen molar-refractivity contribution in [1.82, 2.24) is 4.98 Å². The summed E-state index contributed by atoms with van der Waals surface area (Å²) in [6, 6.07) is 11.9. The van der Waals surface area contributed by atoms with Gasteiger partial charge in [-0.1, -0.05) is 96.0 Å². The number of hydrogen-bond acceptors (Lipinski definition) is 3. The van der Waals surface area contributed by atoms with Gasteiger partial charge in [0.05, 0.1) is 22.3 Å². The van der Waals surface area contributed by atoms with Crippen LogP contribution in [0, 0.1) is 30.2 Å². The largest absolute Gasteiger partial charge is 0.512 e. The Labute approximate surface area is 375 Å². The summed E-state index contributed by atoms with van der Waals surface area (Å²) >= 11 is 0. The molecule has 0 spiro atoms. The molecule has 5 rings (SSSR count). The Kier molecular flexibility index (Phi) is 14.7. The van der Waals surface area contributed by atoms with Crippen molar-refractivity contribution < 1.29 is 77.7 Å². The standard InChI is InChI=1S/C35H31F9N.C13H24O2.Ir/c1-20-19-45-30(24-15-23-11-7-8-12-25(23)27(16-24)22-9-5-4-6-10-22)17-26(20)31-28(33(36,37)38)13-21(14-29(31)34(39,40)41)18-32(2,3)35(42,43)44;1-5-10(6-2)12(14)9-13(15)11(7-3)8-4;/h7-8,11-14,16-17,19,22H,4-6,9-10,18H2,1-3H3;9-11,14H,5-8H2,1-4H3;/q-1;;/b;12-9-;/i1D3,18D2,22D;;. The smallest absolute Gasteiger partial charge is 0.417 e. The Balaban J connectivity index is 0.000000639. The number of carbonyl (C=O) groups excluding carboxylic acids is 1. The van der Waals surface area contributed by atoms with Gasteiger partial charge in [-0.25, -0.2) is 0 Å². The van der Waals surface area contributed by atoms with E-state index in [0.29, 0.717) is 49.2 Å². The van der Waals surface area contributed by atoms with Crippen molar-refractivity contribution in [2.24, 2.45) is 17.3 Å². The number of aromatic nitrogens is 1. The van der Waals surface area contributed by atoms with E-state index < -0.39 is 76.4 Å². The van der Waals surface area contributed by atoms with Crippen LogP contribution in [0.3, 0.4) is 0 Å². The summed E-state index contributed by atoms with van der Waals surface area (Å²) in [4.78, 5) is 15.8. The molecule has 0 amide bonds. The molecule has 1 aliphatic rings. The summed E-state index contributed by atoms with van der Waals surface area (Å²) in [7, 11) is 0. The van der Waals surface area contributed by atoms with E-state index in [1.165, 1.54) is 12.1 Å². The first-order valence-electron chi connectivity index (χ1n) is 23.1. The number of carbonyl (C=O) groups is 1. The zero-order chi connectivity index (χ0) is 50.0. The van der Waals surface area contributed by atoms with Crippen molar-refractivity contribution in [2.45, 2.75) is 137 Å². The first-order valence-corrected chi connectivity index (χ1v) is 20.1. The molecule has 4 aromatic rings. The van der Waals surface area contributed by atoms with Crippen molar-refractivity contribution >= 4 is 16.6 Å². The van der Waals surface area contributed by atoms with Gasteiger partial charge in [-0.3, -0.25) is 9.78 Å². The zero-order valence-electron chi connectivity index (χ0n) is 40.8. The van der Waals surface area contributed by atoms with Gasteiger partial charge in [-0.05, 0) is 86.5 Å². The molecule has 13 heteroatoms. The molecule has 1 aliphatic carbocycles. The molecule has 0 aliphatic heterocycles. The molecule has 1 fully saturated rings. The number of pyridine rings is 1. The maximum atomic E-state index is 14.8. The van der Waals surface area contributed by atoms with Gasteiger partial charge >= 0.3 is 18.5 Å². The molecule has 3 nitrogen and oxygen atoms in total. The first kappa shape index (κ1) is 42.6. The van der Waals surface area contributed by atoms with Crippen LogP contribution < -0.4 is 0 Å². The Morgan fingerprint density at radius 2 is 1.44 bits per heavy atom. The Morgan fingerprint density at radius 1 is 0.885 bits per heavy atom. The van der Waals surface area contributed by atoms with Gasteiger partial charge in [-0.2, -0.15) is 39.5 Å². The number of rotatable bonds is 12. The molecular formula is C48H55F9IrNO2-. The van der Waals surface area contributed by atoms with Gasteiger partial charge in [0.1, 0.15) is 0 Å². The molecule has 337 valence electrons. The topological polar surface area (TPSA) is 50.2 Å². The van der Waals surface area contributed by atoms with E-state index in [1.54, 1.807) is 24.3 Å². The van der Waals surface area contributed by atoms with Gasteiger partial charge in [-0.15, -0.1) is 29.1 Å². The number of alkyl halides is 9. The normalized spacial score (nSPS) is 17.0. The summed E-state index contributed by atoms with van der Waals surface area (Å²) in [5.41, 5.74) is -12.9. The number of aliphatic hydroxyl groups is 1. The van der Waals surface area contributed by atoms with Gasteiger partial charge in [0.2, 0.25) is 0 Å². The number of benzene rings is 3. The molecule has 0 atom stereocenters. The van der Waals surface area contributed by atoms with E-state index >= 15 is 0 Å². The van der Waals surface area contributed by atoms with Gasteiger partial charge < -0.3 is 5.11 Å². The van der Waals surface area contributed by atoms with Crippen molar-refractivity contribution in [3.63, 3.8) is 0 Å². The van der Waals surface area contributed by atoms with Crippen molar-refractivity contribution in [3.8, 4) is 22.4 Å². The Morgan fingerprint density at radius 3 is 1.95 bits per heavy atom.